The Kier molecular flexibility index (Phi) is 5.50. The first-order valence-electron chi connectivity index (χ1n) is 7.44. The van der Waals surface area contributed by atoms with Gasteiger partial charge in [-0.15, -0.1) is 0 Å². The van der Waals surface area contributed by atoms with E-state index >= 15 is 0 Å². The lowest BCUT2D eigenvalue weighted by Crippen LogP contribution is -2.56. The van der Waals surface area contributed by atoms with E-state index in [9.17, 15) is 14.4 Å². The second kappa shape index (κ2) is 7.39. The van der Waals surface area contributed by atoms with E-state index in [1.165, 1.54) is 25.7 Å². The predicted octanol–water partition coefficient (Wildman–Crippen LogP) is 0.824. The smallest absolute Gasteiger partial charge is 0.302 e. The number of rotatable bonds is 5. The van der Waals surface area contributed by atoms with Crippen molar-refractivity contribution >= 4 is 17.8 Å². The van der Waals surface area contributed by atoms with Crippen LogP contribution in [0.2, 0.25) is 0 Å². The van der Waals surface area contributed by atoms with Crippen molar-refractivity contribution < 1.29 is 28.6 Å². The second-order valence-corrected chi connectivity index (χ2v) is 5.62. The summed E-state index contributed by atoms with van der Waals surface area (Å²) in [6, 6.07) is 3.46. The van der Waals surface area contributed by atoms with Gasteiger partial charge in [-0.05, 0) is 12.1 Å². The van der Waals surface area contributed by atoms with E-state index in [-0.39, 0.29) is 25.7 Å². The molecular weight excluding hydrogens is 316 g/mol. The summed E-state index contributed by atoms with van der Waals surface area (Å²) in [5, 5.41) is 0. The zero-order valence-electron chi connectivity index (χ0n) is 13.9. The molecule has 8 heteroatoms. The van der Waals surface area contributed by atoms with Gasteiger partial charge >= 0.3 is 11.9 Å². The van der Waals surface area contributed by atoms with E-state index < -0.39 is 23.7 Å². The fraction of sp³-hybridized carbons (Fsp3) is 0.500. The molecule has 8 nitrogen and oxygen atoms in total. The van der Waals surface area contributed by atoms with Gasteiger partial charge < -0.3 is 14.2 Å². The van der Waals surface area contributed by atoms with Gasteiger partial charge in [0, 0.05) is 38.7 Å². The lowest BCUT2D eigenvalue weighted by molar-refractivity contribution is -0.158. The Morgan fingerprint density at radius 1 is 1.17 bits per heavy atom. The van der Waals surface area contributed by atoms with Crippen molar-refractivity contribution in [3.05, 3.63) is 30.1 Å². The highest BCUT2D eigenvalue weighted by Crippen LogP contribution is 2.37. The Labute approximate surface area is 139 Å². The SMILES string of the molecule is CC(=O)OCC1(COC(C)=O)COC(c2ccncc2)N1C(C)=O. The molecule has 0 aromatic carbocycles. The molecule has 1 unspecified atom stereocenters. The Morgan fingerprint density at radius 2 is 1.71 bits per heavy atom. The van der Waals surface area contributed by atoms with Crippen LogP contribution in [0.4, 0.5) is 0 Å². The van der Waals surface area contributed by atoms with Gasteiger partial charge in [-0.1, -0.05) is 0 Å². The Balaban J connectivity index is 2.34. The highest BCUT2D eigenvalue weighted by atomic mass is 16.6. The van der Waals surface area contributed by atoms with Crippen LogP contribution in [0, 0.1) is 0 Å². The number of ether oxygens (including phenoxy) is 3. The molecule has 2 heterocycles. The first-order chi connectivity index (χ1) is 11.4. The zero-order valence-corrected chi connectivity index (χ0v) is 13.9. The molecule has 2 rings (SSSR count). The summed E-state index contributed by atoms with van der Waals surface area (Å²) in [7, 11) is 0. The average Bonchev–Trinajstić information content (AvgIpc) is 2.92. The molecule has 0 radical (unpaired) electrons. The van der Waals surface area contributed by atoms with Crippen LogP contribution in [0.25, 0.3) is 0 Å². The minimum atomic E-state index is -1.07. The molecule has 0 bridgehead atoms. The van der Waals surface area contributed by atoms with Crippen LogP contribution in [0.1, 0.15) is 32.6 Å². The summed E-state index contributed by atoms with van der Waals surface area (Å²) in [5.41, 5.74) is -0.343. The van der Waals surface area contributed by atoms with Crippen LogP contribution in [0.15, 0.2) is 24.5 Å². The molecule has 1 aromatic heterocycles. The van der Waals surface area contributed by atoms with Crippen molar-refractivity contribution in [3.63, 3.8) is 0 Å². The molecule has 1 saturated heterocycles. The zero-order chi connectivity index (χ0) is 17.7. The molecule has 0 N–H and O–H groups in total. The van der Waals surface area contributed by atoms with Gasteiger partial charge in [-0.25, -0.2) is 0 Å². The number of nitrogens with zero attached hydrogens (tertiary/aromatic N) is 2. The number of pyridine rings is 1. The molecule has 1 aliphatic rings. The minimum absolute atomic E-state index is 0.0696. The topological polar surface area (TPSA) is 95.0 Å². The number of aromatic nitrogens is 1. The normalized spacial score (nSPS) is 19.0. The highest BCUT2D eigenvalue weighted by molar-refractivity contribution is 5.75. The fourth-order valence-corrected chi connectivity index (χ4v) is 2.64. The first kappa shape index (κ1) is 17.9. The van der Waals surface area contributed by atoms with E-state index in [0.29, 0.717) is 0 Å². The third-order valence-electron chi connectivity index (χ3n) is 3.67. The number of carbonyl (C=O) groups excluding carboxylic acids is 3. The third kappa shape index (κ3) is 3.88. The predicted molar refractivity (Wildman–Crippen MR) is 81.4 cm³/mol. The maximum absolute atomic E-state index is 12.3. The van der Waals surface area contributed by atoms with Crippen LogP contribution in [-0.4, -0.2) is 53.1 Å². The Hall–Kier alpha value is -2.48. The number of esters is 2. The molecule has 1 fully saturated rings. The van der Waals surface area contributed by atoms with Gasteiger partial charge in [0.2, 0.25) is 5.91 Å². The monoisotopic (exact) mass is 336 g/mol. The lowest BCUT2D eigenvalue weighted by atomic mass is 10.0. The Morgan fingerprint density at radius 3 is 2.17 bits per heavy atom. The summed E-state index contributed by atoms with van der Waals surface area (Å²) in [5.74, 6) is -1.27. The maximum atomic E-state index is 12.3. The van der Waals surface area contributed by atoms with Crippen molar-refractivity contribution in [3.8, 4) is 0 Å². The molecule has 1 atom stereocenters. The van der Waals surface area contributed by atoms with Crippen LogP contribution < -0.4 is 0 Å². The van der Waals surface area contributed by atoms with Crippen LogP contribution >= 0.6 is 0 Å². The van der Waals surface area contributed by atoms with Gasteiger partial charge in [-0.2, -0.15) is 0 Å². The summed E-state index contributed by atoms with van der Waals surface area (Å²) < 4.78 is 16.0. The third-order valence-corrected chi connectivity index (χ3v) is 3.67. The van der Waals surface area contributed by atoms with Crippen LogP contribution in [-0.2, 0) is 28.6 Å². The van der Waals surface area contributed by atoms with Gasteiger partial charge in [0.25, 0.3) is 0 Å². The van der Waals surface area contributed by atoms with Gasteiger partial charge in [0.15, 0.2) is 6.23 Å². The first-order valence-corrected chi connectivity index (χ1v) is 7.44. The molecule has 1 aromatic rings. The van der Waals surface area contributed by atoms with Crippen LogP contribution in [0.5, 0.6) is 0 Å². The molecule has 0 aliphatic carbocycles. The highest BCUT2D eigenvalue weighted by Gasteiger charge is 2.51. The second-order valence-electron chi connectivity index (χ2n) is 5.62. The van der Waals surface area contributed by atoms with Crippen molar-refractivity contribution in [1.82, 2.24) is 9.88 Å². The number of hydrogen-bond donors (Lipinski definition) is 0. The fourth-order valence-electron chi connectivity index (χ4n) is 2.64. The van der Waals surface area contributed by atoms with E-state index in [0.717, 1.165) is 5.56 Å². The molecule has 0 spiro atoms. The van der Waals surface area contributed by atoms with Gasteiger partial charge in [-0.3, -0.25) is 24.3 Å². The maximum Gasteiger partial charge on any atom is 0.302 e. The molecule has 1 aliphatic heterocycles. The van der Waals surface area contributed by atoms with E-state index in [2.05, 4.69) is 4.98 Å². The van der Waals surface area contributed by atoms with Crippen molar-refractivity contribution in [2.24, 2.45) is 0 Å². The summed E-state index contributed by atoms with van der Waals surface area (Å²) >= 11 is 0. The molecule has 24 heavy (non-hydrogen) atoms. The average molecular weight is 336 g/mol. The largest absolute Gasteiger partial charge is 0.463 e. The van der Waals surface area contributed by atoms with Gasteiger partial charge in [0.05, 0.1) is 6.61 Å². The summed E-state index contributed by atoms with van der Waals surface area (Å²) in [6.07, 6.45) is 2.52. The molecule has 130 valence electrons. The van der Waals surface area contributed by atoms with E-state index in [1.807, 2.05) is 0 Å². The van der Waals surface area contributed by atoms with Gasteiger partial charge in [0.1, 0.15) is 18.8 Å². The van der Waals surface area contributed by atoms with Crippen molar-refractivity contribution in [2.75, 3.05) is 19.8 Å². The van der Waals surface area contributed by atoms with E-state index in [1.54, 1.807) is 24.5 Å². The Bertz CT molecular complexity index is 600. The number of amides is 1. The standard InChI is InChI=1S/C16H20N2O6/c1-11(19)18-15(14-4-6-17-7-5-14)24-10-16(18,8-22-12(2)20)9-23-13(3)21/h4-7,15H,8-10H2,1-3H3. The number of hydrogen-bond acceptors (Lipinski definition) is 7. The quantitative estimate of drug-likeness (QED) is 0.735. The summed E-state index contributed by atoms with van der Waals surface area (Å²) in [6.45, 7) is 3.74. The molecule has 1 amide bonds. The lowest BCUT2D eigenvalue weighted by Gasteiger charge is -2.37. The van der Waals surface area contributed by atoms with Crippen molar-refractivity contribution in [1.29, 1.82) is 0 Å². The number of carbonyl (C=O) groups is 3. The van der Waals surface area contributed by atoms with Crippen molar-refractivity contribution in [2.45, 2.75) is 32.5 Å². The molecular formula is C16H20N2O6. The van der Waals surface area contributed by atoms with Crippen LogP contribution in [0.3, 0.4) is 0 Å². The van der Waals surface area contributed by atoms with E-state index in [4.69, 9.17) is 14.2 Å². The minimum Gasteiger partial charge on any atom is -0.463 e. The summed E-state index contributed by atoms with van der Waals surface area (Å²) in [4.78, 5) is 40.1. The molecule has 0 saturated carbocycles.